The molecule has 1 unspecified atom stereocenters. The summed E-state index contributed by atoms with van der Waals surface area (Å²) in [7, 11) is 1.39. The van der Waals surface area contributed by atoms with Crippen LogP contribution in [0, 0.1) is 17.2 Å². The van der Waals surface area contributed by atoms with Gasteiger partial charge in [0.25, 0.3) is 5.91 Å². The number of carbonyl (C=O) groups is 2. The second-order valence-corrected chi connectivity index (χ2v) is 12.0. The minimum absolute atomic E-state index is 0.0155. The zero-order chi connectivity index (χ0) is 26.7. The Hall–Kier alpha value is -2.73. The number of hydrogen-bond donors (Lipinski definition) is 2. The van der Waals surface area contributed by atoms with Crippen LogP contribution in [0.4, 0.5) is 8.28 Å². The summed E-state index contributed by atoms with van der Waals surface area (Å²) in [5.41, 5.74) is -0.813. The molecule has 3 aliphatic carbocycles. The molecule has 1 saturated heterocycles. The van der Waals surface area contributed by atoms with Crippen molar-refractivity contribution < 1.29 is 27.7 Å². The predicted octanol–water partition coefficient (Wildman–Crippen LogP) is 3.67. The molecule has 4 fully saturated rings. The highest BCUT2D eigenvalue weighted by molar-refractivity contribution is 7.92. The highest BCUT2D eigenvalue weighted by Gasteiger charge is 2.56. The zero-order valence-corrected chi connectivity index (χ0v) is 22.0. The Labute approximate surface area is 223 Å². The first-order valence-corrected chi connectivity index (χ1v) is 13.8. The lowest BCUT2D eigenvalue weighted by Crippen LogP contribution is -2.51. The molecular formula is C26H31F2N5O4S. The van der Waals surface area contributed by atoms with Crippen molar-refractivity contribution in [3.63, 3.8) is 0 Å². The van der Waals surface area contributed by atoms with Gasteiger partial charge >= 0.3 is 0 Å². The van der Waals surface area contributed by atoms with Gasteiger partial charge in [-0.2, -0.15) is 9.19 Å². The number of ether oxygens (including phenoxy) is 1. The van der Waals surface area contributed by atoms with Crippen LogP contribution in [-0.4, -0.2) is 67.3 Å². The maximum Gasteiger partial charge on any atom is 0.274 e. The van der Waals surface area contributed by atoms with Crippen molar-refractivity contribution >= 4 is 24.1 Å². The van der Waals surface area contributed by atoms with Gasteiger partial charge in [0.1, 0.15) is 0 Å². The third-order valence-corrected chi connectivity index (χ3v) is 9.61. The Morgan fingerprint density at radius 3 is 2.63 bits per heavy atom. The number of nitrogens with one attached hydrogen (secondary N) is 1. The van der Waals surface area contributed by atoms with Gasteiger partial charge in [0.2, 0.25) is 11.8 Å². The van der Waals surface area contributed by atoms with Crippen molar-refractivity contribution in [2.24, 2.45) is 11.3 Å². The fraction of sp³-hybridized carbons (Fsp3) is 0.615. The van der Waals surface area contributed by atoms with Gasteiger partial charge in [-0.15, -0.1) is 3.89 Å². The zero-order valence-electron chi connectivity index (χ0n) is 21.2. The Kier molecular flexibility index (Phi) is 6.17. The van der Waals surface area contributed by atoms with Crippen LogP contribution < -0.4 is 10.1 Å². The number of rotatable bonds is 7. The van der Waals surface area contributed by atoms with Gasteiger partial charge in [-0.1, -0.05) is 0 Å². The first-order valence-electron chi connectivity index (χ1n) is 13.1. The topological polar surface area (TPSA) is 110 Å². The first-order chi connectivity index (χ1) is 18.2. The smallest absolute Gasteiger partial charge is 0.274 e. The minimum Gasteiger partial charge on any atom is -0.481 e. The molecule has 2 N–H and O–H groups in total. The molecule has 9 nitrogen and oxygen atoms in total. The Balaban J connectivity index is 1.14. The lowest BCUT2D eigenvalue weighted by Gasteiger charge is -2.39. The second kappa shape index (κ2) is 9.18. The monoisotopic (exact) mass is 547 g/mol. The summed E-state index contributed by atoms with van der Waals surface area (Å²) in [6.45, 7) is 0.988. The number of pyridine rings is 1. The van der Waals surface area contributed by atoms with Crippen molar-refractivity contribution in [1.29, 1.82) is 0 Å². The maximum absolute atomic E-state index is 14.5. The van der Waals surface area contributed by atoms with Crippen LogP contribution in [0.25, 0.3) is 11.3 Å². The predicted molar refractivity (Wildman–Crippen MR) is 135 cm³/mol. The number of aromatic nitrogens is 3. The molecule has 1 spiro atoms. The molecule has 12 heteroatoms. The molecule has 2 aromatic heterocycles. The molecule has 3 heterocycles. The maximum atomic E-state index is 14.5. The molecule has 38 heavy (non-hydrogen) atoms. The van der Waals surface area contributed by atoms with Crippen LogP contribution in [0.3, 0.4) is 0 Å². The van der Waals surface area contributed by atoms with Crippen LogP contribution in [0.15, 0.2) is 18.3 Å². The molecule has 4 aliphatic rings. The molecule has 0 aromatic carbocycles. The van der Waals surface area contributed by atoms with Crippen LogP contribution in [0.1, 0.15) is 68.3 Å². The number of piperidine rings is 1. The van der Waals surface area contributed by atoms with E-state index in [1.165, 1.54) is 19.2 Å². The van der Waals surface area contributed by atoms with Crippen molar-refractivity contribution in [2.45, 2.75) is 68.9 Å². The fourth-order valence-electron chi connectivity index (χ4n) is 6.88. The summed E-state index contributed by atoms with van der Waals surface area (Å²) >= 11 is -0.225. The molecule has 2 amide bonds. The molecule has 2 aromatic rings. The average molecular weight is 548 g/mol. The molecule has 3 saturated carbocycles. The molecule has 0 radical (unpaired) electrons. The van der Waals surface area contributed by atoms with Gasteiger partial charge in [-0.3, -0.25) is 9.59 Å². The number of halogens is 2. The van der Waals surface area contributed by atoms with Crippen molar-refractivity contribution in [3.05, 3.63) is 29.8 Å². The van der Waals surface area contributed by atoms with E-state index in [0.717, 1.165) is 55.2 Å². The number of fused-ring (bicyclic) bond motifs is 2. The van der Waals surface area contributed by atoms with E-state index in [0.29, 0.717) is 25.9 Å². The van der Waals surface area contributed by atoms with Gasteiger partial charge in [0, 0.05) is 36.2 Å². The van der Waals surface area contributed by atoms with Crippen molar-refractivity contribution in [3.8, 4) is 17.1 Å². The van der Waals surface area contributed by atoms with E-state index >= 15 is 0 Å². The number of amides is 2. The Morgan fingerprint density at radius 1 is 1.24 bits per heavy atom. The molecular weight excluding hydrogens is 516 g/mol. The normalized spacial score (nSPS) is 29.1. The number of hydrogen-bond acceptors (Lipinski definition) is 7. The number of methoxy groups -OCH3 is 1. The third kappa shape index (κ3) is 4.35. The van der Waals surface area contributed by atoms with Gasteiger partial charge < -0.3 is 20.1 Å². The van der Waals surface area contributed by atoms with E-state index in [-0.39, 0.29) is 58.3 Å². The number of nitrogens with zero attached hydrogens (tertiary/aromatic N) is 4. The largest absolute Gasteiger partial charge is 0.481 e. The van der Waals surface area contributed by atoms with E-state index in [9.17, 15) is 23.0 Å². The number of likely N-dealkylation sites (tertiary alicyclic amines) is 1. The lowest BCUT2D eigenvalue weighted by molar-refractivity contribution is -0.127. The summed E-state index contributed by atoms with van der Waals surface area (Å²) < 4.78 is 34.2. The average Bonchev–Trinajstić information content (AvgIpc) is 3.26. The van der Waals surface area contributed by atoms with Crippen molar-refractivity contribution in [2.75, 3.05) is 20.2 Å². The van der Waals surface area contributed by atoms with Gasteiger partial charge in [0.05, 0.1) is 24.6 Å². The molecule has 204 valence electrons. The summed E-state index contributed by atoms with van der Waals surface area (Å²) in [6.07, 6.45) is 7.94. The summed E-state index contributed by atoms with van der Waals surface area (Å²) in [5.74, 6) is -1.06. The highest BCUT2D eigenvalue weighted by atomic mass is 32.2. The standard InChI is InChI=1S/C26H31F2N5O4S/c1-37-21-10-17(18(27)13-29-21)20-11-19(31-33(20)38-28)23(35)32-9-2-16(12-25(32)5-6-25)22(34)30-15-24-3-7-26(36,14-24)8-4-24/h10-11,13,16,36H,2-9,12,14-15H2,1H3,(H,30,34). The minimum atomic E-state index is -0.690. The molecule has 2 bridgehead atoms. The third-order valence-electron chi connectivity index (χ3n) is 9.20. The van der Waals surface area contributed by atoms with Crippen LogP contribution >= 0.6 is 12.3 Å². The molecule has 1 atom stereocenters. The van der Waals surface area contributed by atoms with Crippen LogP contribution in [0.5, 0.6) is 5.88 Å². The second-order valence-electron chi connectivity index (χ2n) is 11.6. The van der Waals surface area contributed by atoms with Gasteiger partial charge in [0.15, 0.2) is 23.8 Å². The molecule has 1 aliphatic heterocycles. The van der Waals surface area contributed by atoms with Crippen LogP contribution in [-0.2, 0) is 4.79 Å². The Bertz CT molecular complexity index is 1270. The Morgan fingerprint density at radius 2 is 2.00 bits per heavy atom. The summed E-state index contributed by atoms with van der Waals surface area (Å²) in [5, 5.41) is 17.8. The van der Waals surface area contributed by atoms with Gasteiger partial charge in [-0.05, 0) is 69.3 Å². The molecule has 6 rings (SSSR count). The van der Waals surface area contributed by atoms with Crippen molar-refractivity contribution in [1.82, 2.24) is 24.4 Å². The highest BCUT2D eigenvalue weighted by Crippen LogP contribution is 2.56. The van der Waals surface area contributed by atoms with E-state index in [4.69, 9.17) is 4.74 Å². The first kappa shape index (κ1) is 25.5. The van der Waals surface area contributed by atoms with Crippen LogP contribution in [0.2, 0.25) is 0 Å². The van der Waals surface area contributed by atoms with E-state index in [2.05, 4.69) is 15.4 Å². The number of aliphatic hydroxyl groups is 1. The van der Waals surface area contributed by atoms with E-state index in [1.54, 1.807) is 4.90 Å². The SMILES string of the molecule is COc1cc(-c2cc(C(=O)N3CCC(C(=O)NCC45CCC(O)(CC4)C5)CC34CC4)nn2SF)c(F)cn1. The number of carbonyl (C=O) groups excluding carboxylic acids is 2. The fourth-order valence-corrected chi connectivity index (χ4v) is 7.22. The summed E-state index contributed by atoms with van der Waals surface area (Å²) in [6, 6.07) is 2.71. The quantitative estimate of drug-likeness (QED) is 0.544. The summed E-state index contributed by atoms with van der Waals surface area (Å²) in [4.78, 5) is 32.2. The lowest BCUT2D eigenvalue weighted by atomic mass is 9.83. The van der Waals surface area contributed by atoms with Gasteiger partial charge in [-0.25, -0.2) is 9.37 Å². The van der Waals surface area contributed by atoms with E-state index in [1.807, 2.05) is 0 Å². The van der Waals surface area contributed by atoms with E-state index < -0.39 is 17.0 Å².